The first-order chi connectivity index (χ1) is 9.90. The van der Waals surface area contributed by atoms with Crippen LogP contribution in [0.2, 0.25) is 0 Å². The van der Waals surface area contributed by atoms with Crippen LogP contribution in [-0.4, -0.2) is 50.3 Å². The number of hydrogen-bond donors (Lipinski definition) is 1. The van der Waals surface area contributed by atoms with Crippen LogP contribution < -0.4 is 4.74 Å². The largest absolute Gasteiger partial charge is 0.497 e. The van der Waals surface area contributed by atoms with Gasteiger partial charge in [-0.2, -0.15) is 5.06 Å². The normalized spacial score (nSPS) is 23.0. The number of benzene rings is 1. The average Bonchev–Trinajstić information content (AvgIpc) is 2.89. The molecule has 1 aliphatic rings. The van der Waals surface area contributed by atoms with Gasteiger partial charge >= 0.3 is 5.97 Å². The van der Waals surface area contributed by atoms with Crippen LogP contribution in [0.15, 0.2) is 29.2 Å². The number of nitrogens with zero attached hydrogens (tertiary/aromatic N) is 1. The molecule has 0 bridgehead atoms. The Kier molecular flexibility index (Phi) is 4.22. The minimum Gasteiger partial charge on any atom is -0.497 e. The van der Waals surface area contributed by atoms with E-state index in [2.05, 4.69) is 4.74 Å². The number of sulfone groups is 1. The Bertz CT molecular complexity index is 627. The van der Waals surface area contributed by atoms with Crippen LogP contribution in [0.4, 0.5) is 0 Å². The standard InChI is InChI=1S/C13H17NO6S/c1-19-10-4-6-11(7-5-10)21(17,18)13(12(15)20-2)8-3-9-14(13)16/h4-7,16H,3,8-9H2,1-2H3/t13-/m0/s1. The highest BCUT2D eigenvalue weighted by Gasteiger charge is 2.59. The summed E-state index contributed by atoms with van der Waals surface area (Å²) in [5.74, 6) is -0.494. The van der Waals surface area contributed by atoms with Crippen molar-refractivity contribution < 1.29 is 27.9 Å². The molecule has 0 unspecified atom stereocenters. The Balaban J connectivity index is 2.55. The van der Waals surface area contributed by atoms with Gasteiger partial charge in [-0.05, 0) is 37.1 Å². The summed E-state index contributed by atoms with van der Waals surface area (Å²) in [5, 5.41) is 10.5. The zero-order valence-corrected chi connectivity index (χ0v) is 12.6. The van der Waals surface area contributed by atoms with Gasteiger partial charge in [0.25, 0.3) is 0 Å². The van der Waals surface area contributed by atoms with Crippen molar-refractivity contribution in [2.45, 2.75) is 22.6 Å². The van der Waals surface area contributed by atoms with Crippen molar-refractivity contribution in [2.24, 2.45) is 0 Å². The monoisotopic (exact) mass is 315 g/mol. The maximum Gasteiger partial charge on any atom is 0.344 e. The molecule has 8 heteroatoms. The first kappa shape index (κ1) is 15.7. The van der Waals surface area contributed by atoms with Gasteiger partial charge in [0.05, 0.1) is 19.1 Å². The van der Waals surface area contributed by atoms with Crippen LogP contribution in [0, 0.1) is 0 Å². The van der Waals surface area contributed by atoms with E-state index in [1.807, 2.05) is 0 Å². The van der Waals surface area contributed by atoms with E-state index in [9.17, 15) is 18.4 Å². The van der Waals surface area contributed by atoms with Gasteiger partial charge in [-0.25, -0.2) is 13.2 Å². The topological polar surface area (TPSA) is 93.1 Å². The number of ether oxygens (including phenoxy) is 2. The molecule has 116 valence electrons. The second-order valence-electron chi connectivity index (χ2n) is 4.68. The smallest absolute Gasteiger partial charge is 0.344 e. The van der Waals surface area contributed by atoms with Crippen molar-refractivity contribution in [3.05, 3.63) is 24.3 Å². The second kappa shape index (κ2) is 5.63. The van der Waals surface area contributed by atoms with E-state index in [1.165, 1.54) is 31.4 Å². The molecule has 21 heavy (non-hydrogen) atoms. The molecule has 1 aromatic carbocycles. The van der Waals surface area contributed by atoms with Gasteiger partial charge in [-0.15, -0.1) is 0 Å². The third-order valence-corrected chi connectivity index (χ3v) is 5.98. The third-order valence-electron chi connectivity index (χ3n) is 3.62. The Morgan fingerprint density at radius 2 is 1.90 bits per heavy atom. The van der Waals surface area contributed by atoms with E-state index in [-0.39, 0.29) is 17.9 Å². The maximum atomic E-state index is 12.8. The lowest BCUT2D eigenvalue weighted by Crippen LogP contribution is -2.55. The molecule has 1 saturated heterocycles. The number of esters is 1. The second-order valence-corrected chi connectivity index (χ2v) is 6.84. The quantitative estimate of drug-likeness (QED) is 0.822. The minimum atomic E-state index is -4.14. The Hall–Kier alpha value is -1.64. The van der Waals surface area contributed by atoms with Crippen LogP contribution in [0.5, 0.6) is 5.75 Å². The van der Waals surface area contributed by atoms with Crippen molar-refractivity contribution in [3.8, 4) is 5.75 Å². The lowest BCUT2D eigenvalue weighted by Gasteiger charge is -2.30. The highest BCUT2D eigenvalue weighted by atomic mass is 32.2. The number of hydrogen-bond acceptors (Lipinski definition) is 7. The number of rotatable bonds is 4. The fraction of sp³-hybridized carbons (Fsp3) is 0.462. The van der Waals surface area contributed by atoms with Crippen LogP contribution in [0.1, 0.15) is 12.8 Å². The molecule has 7 nitrogen and oxygen atoms in total. The van der Waals surface area contributed by atoms with Crippen LogP contribution in [0.3, 0.4) is 0 Å². The first-order valence-corrected chi connectivity index (χ1v) is 7.82. The summed E-state index contributed by atoms with van der Waals surface area (Å²) in [6, 6.07) is 5.64. The van der Waals surface area contributed by atoms with Gasteiger partial charge in [0.15, 0.2) is 0 Å². The molecule has 1 fully saturated rings. The predicted molar refractivity (Wildman–Crippen MR) is 72.7 cm³/mol. The molecule has 0 radical (unpaired) electrons. The summed E-state index contributed by atoms with van der Waals surface area (Å²) < 4.78 is 35.2. The van der Waals surface area contributed by atoms with E-state index < -0.39 is 20.7 Å². The van der Waals surface area contributed by atoms with Gasteiger partial charge in [-0.1, -0.05) is 0 Å². The lowest BCUT2D eigenvalue weighted by atomic mass is 10.2. The summed E-state index contributed by atoms with van der Waals surface area (Å²) in [4.78, 5) is 9.90. The molecule has 1 aliphatic heterocycles. The zero-order valence-electron chi connectivity index (χ0n) is 11.8. The van der Waals surface area contributed by atoms with Gasteiger partial charge in [-0.3, -0.25) is 0 Å². The van der Waals surface area contributed by atoms with E-state index >= 15 is 0 Å². The van der Waals surface area contributed by atoms with Crippen molar-refractivity contribution in [3.63, 3.8) is 0 Å². The van der Waals surface area contributed by atoms with E-state index in [0.29, 0.717) is 17.2 Å². The average molecular weight is 315 g/mol. The van der Waals surface area contributed by atoms with E-state index in [4.69, 9.17) is 4.74 Å². The van der Waals surface area contributed by atoms with Crippen molar-refractivity contribution >= 4 is 15.8 Å². The Labute approximate surface area is 123 Å². The Morgan fingerprint density at radius 3 is 2.33 bits per heavy atom. The molecule has 1 atom stereocenters. The van der Waals surface area contributed by atoms with Gasteiger partial charge in [0, 0.05) is 6.54 Å². The van der Waals surface area contributed by atoms with Crippen molar-refractivity contribution in [2.75, 3.05) is 20.8 Å². The molecule has 0 aliphatic carbocycles. The molecule has 0 saturated carbocycles. The highest BCUT2D eigenvalue weighted by molar-refractivity contribution is 7.93. The number of carbonyl (C=O) groups is 1. The summed E-state index contributed by atoms with van der Waals surface area (Å²) >= 11 is 0. The molecular formula is C13H17NO6S. The van der Waals surface area contributed by atoms with E-state index in [0.717, 1.165) is 7.11 Å². The molecule has 1 heterocycles. The van der Waals surface area contributed by atoms with Crippen LogP contribution >= 0.6 is 0 Å². The number of methoxy groups -OCH3 is 2. The van der Waals surface area contributed by atoms with Gasteiger partial charge < -0.3 is 14.7 Å². The molecule has 1 N–H and O–H groups in total. The number of hydroxylamine groups is 2. The van der Waals surface area contributed by atoms with Crippen molar-refractivity contribution in [1.82, 2.24) is 5.06 Å². The van der Waals surface area contributed by atoms with Gasteiger partial charge in [0.2, 0.25) is 14.7 Å². The Morgan fingerprint density at radius 1 is 1.29 bits per heavy atom. The molecular weight excluding hydrogens is 298 g/mol. The van der Waals surface area contributed by atoms with Crippen LogP contribution in [-0.2, 0) is 19.4 Å². The zero-order chi connectivity index (χ0) is 15.7. The fourth-order valence-corrected chi connectivity index (χ4v) is 4.45. The number of carbonyl (C=O) groups excluding carboxylic acids is 1. The SMILES string of the molecule is COC(=O)[C@@]1(S(=O)(=O)c2ccc(OC)cc2)CCCN1O. The first-order valence-electron chi connectivity index (χ1n) is 6.34. The summed E-state index contributed by atoms with van der Waals surface area (Å²) in [6.07, 6.45) is 0.353. The minimum absolute atomic E-state index is 0.0233. The molecule has 0 amide bonds. The molecule has 1 aromatic rings. The molecule has 0 aromatic heterocycles. The molecule has 2 rings (SSSR count). The third kappa shape index (κ3) is 2.29. The summed E-state index contributed by atoms with van der Waals surface area (Å²) in [6.45, 7) is 0.0878. The van der Waals surface area contributed by atoms with E-state index in [1.54, 1.807) is 0 Å². The van der Waals surface area contributed by atoms with Gasteiger partial charge in [0.1, 0.15) is 5.75 Å². The summed E-state index contributed by atoms with van der Waals surface area (Å²) in [5.41, 5.74) is 0. The predicted octanol–water partition coefficient (Wildman–Crippen LogP) is 0.823. The lowest BCUT2D eigenvalue weighted by molar-refractivity contribution is -0.171. The fourth-order valence-electron chi connectivity index (χ4n) is 2.48. The maximum absolute atomic E-state index is 12.8. The summed E-state index contributed by atoms with van der Waals surface area (Å²) in [7, 11) is -1.58. The van der Waals surface area contributed by atoms with Crippen LogP contribution in [0.25, 0.3) is 0 Å². The molecule has 0 spiro atoms. The highest BCUT2D eigenvalue weighted by Crippen LogP contribution is 2.38. The van der Waals surface area contributed by atoms with Crippen molar-refractivity contribution in [1.29, 1.82) is 0 Å².